The lowest BCUT2D eigenvalue weighted by atomic mass is 10.1. The van der Waals surface area contributed by atoms with Gasteiger partial charge in [0.1, 0.15) is 54.2 Å². The number of aromatic nitrogens is 1. The zero-order valence-corrected chi connectivity index (χ0v) is 26.5. The molecular formula is C39H37NO8. The lowest BCUT2D eigenvalue weighted by Crippen LogP contribution is -2.10. The van der Waals surface area contributed by atoms with Gasteiger partial charge in [-0.15, -0.1) is 0 Å². The van der Waals surface area contributed by atoms with E-state index >= 15 is 0 Å². The van der Waals surface area contributed by atoms with Gasteiger partial charge in [0.05, 0.1) is 39.6 Å². The van der Waals surface area contributed by atoms with E-state index in [0.717, 1.165) is 47.0 Å². The summed E-state index contributed by atoms with van der Waals surface area (Å²) in [5.41, 5.74) is 4.32. The molecule has 7 rings (SSSR count). The smallest absolute Gasteiger partial charge is 0.222 e. The van der Waals surface area contributed by atoms with Crippen molar-refractivity contribution in [2.45, 2.75) is 12.2 Å². The first kappa shape index (κ1) is 31.7. The van der Waals surface area contributed by atoms with Crippen molar-refractivity contribution in [1.29, 1.82) is 0 Å². The highest BCUT2D eigenvalue weighted by atomic mass is 16.6. The van der Waals surface area contributed by atoms with Crippen LogP contribution in [0.3, 0.4) is 0 Å². The largest absolute Gasteiger partial charge is 0.491 e. The Morgan fingerprint density at radius 1 is 0.479 bits per heavy atom. The van der Waals surface area contributed by atoms with Crippen LogP contribution in [-0.4, -0.2) is 70.0 Å². The van der Waals surface area contributed by atoms with E-state index in [0.29, 0.717) is 62.8 Å². The number of nitrogens with zero attached hydrogens (tertiary/aromatic N) is 1. The number of benzene rings is 4. The summed E-state index contributed by atoms with van der Waals surface area (Å²) >= 11 is 0. The summed E-state index contributed by atoms with van der Waals surface area (Å²) in [5, 5.41) is 0. The van der Waals surface area contributed by atoms with Gasteiger partial charge < -0.3 is 37.9 Å². The standard InChI is InChI=1S/C39H37NO8/c1-9-32(43-21-19-41-24-37-26-45-37)10-2-28(1)30-5-13-34(14-6-30)47-36-17-18-40-39(23-36)48-35-15-7-31(8-16-35)29-3-11-33(12-4-29)44-22-20-42-25-38-27-46-38/h1-18,23,37-38H,19-22,24-27H2. The summed E-state index contributed by atoms with van der Waals surface area (Å²) in [4.78, 5) is 4.36. The summed E-state index contributed by atoms with van der Waals surface area (Å²) in [5.74, 6) is 4.08. The molecule has 0 radical (unpaired) electrons. The van der Waals surface area contributed by atoms with Gasteiger partial charge in [-0.25, -0.2) is 4.98 Å². The molecule has 2 atom stereocenters. The van der Waals surface area contributed by atoms with Crippen LogP contribution in [0.5, 0.6) is 34.6 Å². The maximum Gasteiger partial charge on any atom is 0.222 e. The van der Waals surface area contributed by atoms with E-state index in [2.05, 4.69) is 4.98 Å². The van der Waals surface area contributed by atoms with Crippen molar-refractivity contribution >= 4 is 0 Å². The first-order chi connectivity index (χ1) is 23.7. The Bertz CT molecular complexity index is 1590. The van der Waals surface area contributed by atoms with Crippen molar-refractivity contribution in [3.63, 3.8) is 0 Å². The van der Waals surface area contributed by atoms with E-state index in [1.807, 2.05) is 97.1 Å². The molecule has 0 bridgehead atoms. The SMILES string of the molecule is c1cc(Oc2ccc(-c3ccc(OCCOCC4CO4)cc3)cc2)cc(Oc2ccc(-c3ccc(OCCOCC4CO4)cc3)cc2)n1. The number of ether oxygens (including phenoxy) is 8. The molecule has 2 aliphatic heterocycles. The number of pyridine rings is 1. The Morgan fingerprint density at radius 3 is 1.33 bits per heavy atom. The molecule has 9 heteroatoms. The van der Waals surface area contributed by atoms with Gasteiger partial charge in [0.2, 0.25) is 5.88 Å². The number of epoxide rings is 2. The van der Waals surface area contributed by atoms with Gasteiger partial charge in [0, 0.05) is 12.3 Å². The molecule has 0 N–H and O–H groups in total. The van der Waals surface area contributed by atoms with Crippen molar-refractivity contribution < 1.29 is 37.9 Å². The molecular weight excluding hydrogens is 610 g/mol. The predicted octanol–water partition coefficient (Wildman–Crippen LogP) is 7.59. The van der Waals surface area contributed by atoms with Crippen molar-refractivity contribution in [1.82, 2.24) is 4.98 Å². The molecule has 4 aromatic carbocycles. The topological polar surface area (TPSA) is 93.3 Å². The lowest BCUT2D eigenvalue weighted by Gasteiger charge is -2.10. The third-order valence-electron chi connectivity index (χ3n) is 7.65. The molecule has 3 heterocycles. The fourth-order valence-electron chi connectivity index (χ4n) is 4.88. The van der Waals surface area contributed by atoms with E-state index in [1.165, 1.54) is 0 Å². The minimum absolute atomic E-state index is 0.271. The Hall–Kier alpha value is -4.93. The van der Waals surface area contributed by atoms with Gasteiger partial charge in [0.25, 0.3) is 0 Å². The molecule has 0 amide bonds. The highest BCUT2D eigenvalue weighted by Gasteiger charge is 2.22. The Labute approximate surface area is 279 Å². The second kappa shape index (κ2) is 15.8. The number of hydrogen-bond acceptors (Lipinski definition) is 9. The molecule has 2 saturated heterocycles. The van der Waals surface area contributed by atoms with E-state index < -0.39 is 0 Å². The molecule has 0 saturated carbocycles. The molecule has 48 heavy (non-hydrogen) atoms. The summed E-state index contributed by atoms with van der Waals surface area (Å²) < 4.78 is 45.0. The van der Waals surface area contributed by atoms with Crippen LogP contribution in [0.4, 0.5) is 0 Å². The van der Waals surface area contributed by atoms with Crippen LogP contribution in [0.2, 0.25) is 0 Å². The maximum absolute atomic E-state index is 6.10. The molecule has 246 valence electrons. The second-order valence-corrected chi connectivity index (χ2v) is 11.4. The van der Waals surface area contributed by atoms with Crippen LogP contribution in [0.1, 0.15) is 0 Å². The van der Waals surface area contributed by atoms with Crippen molar-refractivity contribution in [3.05, 3.63) is 115 Å². The molecule has 0 spiro atoms. The van der Waals surface area contributed by atoms with Crippen molar-refractivity contribution in [3.8, 4) is 56.9 Å². The van der Waals surface area contributed by atoms with E-state index in [1.54, 1.807) is 18.3 Å². The summed E-state index contributed by atoms with van der Waals surface area (Å²) in [6.45, 7) is 4.97. The molecule has 1 aromatic heterocycles. The van der Waals surface area contributed by atoms with Crippen LogP contribution < -0.4 is 18.9 Å². The minimum atomic E-state index is 0.271. The number of hydrogen-bond donors (Lipinski definition) is 0. The zero-order valence-electron chi connectivity index (χ0n) is 26.5. The van der Waals surface area contributed by atoms with E-state index in [-0.39, 0.29) is 12.2 Å². The summed E-state index contributed by atoms with van der Waals surface area (Å²) in [7, 11) is 0. The van der Waals surface area contributed by atoms with Gasteiger partial charge in [-0.1, -0.05) is 48.5 Å². The fraction of sp³-hybridized carbons (Fsp3) is 0.256. The van der Waals surface area contributed by atoms with Crippen molar-refractivity contribution in [2.75, 3.05) is 52.9 Å². The molecule has 9 nitrogen and oxygen atoms in total. The third kappa shape index (κ3) is 9.56. The lowest BCUT2D eigenvalue weighted by molar-refractivity contribution is 0.0878. The van der Waals surface area contributed by atoms with Crippen LogP contribution in [0, 0.1) is 0 Å². The van der Waals surface area contributed by atoms with Gasteiger partial charge in [-0.3, -0.25) is 0 Å². The number of rotatable bonds is 18. The molecule has 0 aliphatic carbocycles. The summed E-state index contributed by atoms with van der Waals surface area (Å²) in [6.07, 6.45) is 2.21. The van der Waals surface area contributed by atoms with Crippen LogP contribution in [0.15, 0.2) is 115 Å². The van der Waals surface area contributed by atoms with Crippen LogP contribution >= 0.6 is 0 Å². The first-order valence-electron chi connectivity index (χ1n) is 16.1. The normalized spacial score (nSPS) is 16.2. The Kier molecular flexibility index (Phi) is 10.4. The Balaban J connectivity index is 0.870. The highest BCUT2D eigenvalue weighted by molar-refractivity contribution is 5.66. The average Bonchev–Trinajstić information content (AvgIpc) is 4.07. The van der Waals surface area contributed by atoms with Gasteiger partial charge in [0.15, 0.2) is 0 Å². The van der Waals surface area contributed by atoms with Crippen molar-refractivity contribution in [2.24, 2.45) is 0 Å². The van der Waals surface area contributed by atoms with Gasteiger partial charge in [-0.05, 0) is 76.9 Å². The quantitative estimate of drug-likeness (QED) is 0.0705. The van der Waals surface area contributed by atoms with E-state index in [4.69, 9.17) is 37.9 Å². The average molecular weight is 648 g/mol. The van der Waals surface area contributed by atoms with Gasteiger partial charge >= 0.3 is 0 Å². The van der Waals surface area contributed by atoms with E-state index in [9.17, 15) is 0 Å². The molecule has 2 fully saturated rings. The third-order valence-corrected chi connectivity index (χ3v) is 7.65. The maximum atomic E-state index is 6.10. The highest BCUT2D eigenvalue weighted by Crippen LogP contribution is 2.31. The second-order valence-electron chi connectivity index (χ2n) is 11.4. The summed E-state index contributed by atoms with van der Waals surface area (Å²) in [6, 6.07) is 35.4. The van der Waals surface area contributed by atoms with Gasteiger partial charge in [-0.2, -0.15) is 0 Å². The fourth-order valence-corrected chi connectivity index (χ4v) is 4.88. The molecule has 2 unspecified atom stereocenters. The Morgan fingerprint density at radius 2 is 0.896 bits per heavy atom. The molecule has 5 aromatic rings. The monoisotopic (exact) mass is 647 g/mol. The van der Waals surface area contributed by atoms with Crippen LogP contribution in [0.25, 0.3) is 22.3 Å². The first-order valence-corrected chi connectivity index (χ1v) is 16.1. The minimum Gasteiger partial charge on any atom is -0.491 e. The van der Waals surface area contributed by atoms with Crippen LogP contribution in [-0.2, 0) is 18.9 Å². The zero-order chi connectivity index (χ0) is 32.4. The molecule has 2 aliphatic rings. The predicted molar refractivity (Wildman–Crippen MR) is 180 cm³/mol.